The Balaban J connectivity index is 1.64. The van der Waals surface area contributed by atoms with Crippen LogP contribution < -0.4 is 4.90 Å². The first-order chi connectivity index (χ1) is 16.5. The van der Waals surface area contributed by atoms with Crippen molar-refractivity contribution in [2.24, 2.45) is 0 Å². The summed E-state index contributed by atoms with van der Waals surface area (Å²) in [6.45, 7) is 0. The van der Waals surface area contributed by atoms with Gasteiger partial charge in [0.15, 0.2) is 0 Å². The number of anilines is 1. The lowest BCUT2D eigenvalue weighted by atomic mass is 9.86. The molecule has 2 aliphatic heterocycles. The Hall–Kier alpha value is -2.06. The summed E-state index contributed by atoms with van der Waals surface area (Å²) in [5.41, 5.74) is 0.297. The van der Waals surface area contributed by atoms with E-state index in [-0.39, 0.29) is 41.3 Å². The zero-order valence-electron chi connectivity index (χ0n) is 17.0. The average molecular weight is 593 g/mol. The number of amides is 3. The van der Waals surface area contributed by atoms with Crippen molar-refractivity contribution in [1.29, 1.82) is 0 Å². The van der Waals surface area contributed by atoms with Crippen molar-refractivity contribution in [2.75, 3.05) is 4.90 Å². The van der Waals surface area contributed by atoms with Gasteiger partial charge in [0.05, 0.1) is 37.3 Å². The van der Waals surface area contributed by atoms with Crippen LogP contribution in [-0.4, -0.2) is 28.7 Å². The summed E-state index contributed by atoms with van der Waals surface area (Å²) in [7, 11) is 0. The van der Waals surface area contributed by atoms with E-state index in [4.69, 9.17) is 69.6 Å². The van der Waals surface area contributed by atoms with Gasteiger partial charge in [-0.25, -0.2) is 4.39 Å². The van der Waals surface area contributed by atoms with E-state index in [0.717, 1.165) is 4.90 Å². The van der Waals surface area contributed by atoms with Gasteiger partial charge in [0, 0.05) is 15.7 Å². The van der Waals surface area contributed by atoms with E-state index in [9.17, 15) is 18.8 Å². The SMILES string of the molecule is O=C1c2c(Cl)c(Cl)c(Cl)c(Cl)c2C(=O)N1[C@H]1C(=O)N(c2cc(Cl)cc(Cl)c2)[C@H]1c1ccc(F)cc1. The molecule has 0 saturated carbocycles. The fraction of sp³-hybridized carbons (Fsp3) is 0.0870. The summed E-state index contributed by atoms with van der Waals surface area (Å²) in [5.74, 6) is -2.82. The Kier molecular flexibility index (Phi) is 6.19. The average Bonchev–Trinajstić information content (AvgIpc) is 3.05. The second-order valence-electron chi connectivity index (χ2n) is 7.76. The molecular formula is C23H9Cl6FN2O3. The van der Waals surface area contributed by atoms with Gasteiger partial charge in [0.1, 0.15) is 11.9 Å². The van der Waals surface area contributed by atoms with Crippen LogP contribution in [0.3, 0.4) is 0 Å². The molecule has 0 bridgehead atoms. The maximum Gasteiger partial charge on any atom is 0.264 e. The predicted molar refractivity (Wildman–Crippen MR) is 134 cm³/mol. The highest BCUT2D eigenvalue weighted by molar-refractivity contribution is 6.55. The highest BCUT2D eigenvalue weighted by atomic mass is 35.5. The van der Waals surface area contributed by atoms with E-state index < -0.39 is 35.6 Å². The predicted octanol–water partition coefficient (Wildman–Crippen LogP) is 7.50. The van der Waals surface area contributed by atoms with E-state index in [1.807, 2.05) is 0 Å². The second-order valence-corrected chi connectivity index (χ2v) is 10.1. The minimum Gasteiger partial charge on any atom is -0.300 e. The molecule has 12 heteroatoms. The molecule has 2 aliphatic rings. The summed E-state index contributed by atoms with van der Waals surface area (Å²) in [4.78, 5) is 42.4. The van der Waals surface area contributed by atoms with Crippen LogP contribution in [0.15, 0.2) is 42.5 Å². The number of benzene rings is 3. The van der Waals surface area contributed by atoms with Crippen LogP contribution >= 0.6 is 69.6 Å². The smallest absolute Gasteiger partial charge is 0.264 e. The zero-order valence-corrected chi connectivity index (χ0v) is 21.5. The van der Waals surface area contributed by atoms with Gasteiger partial charge in [-0.05, 0) is 35.9 Å². The second kappa shape index (κ2) is 8.80. The fourth-order valence-electron chi connectivity index (χ4n) is 4.30. The summed E-state index contributed by atoms with van der Waals surface area (Å²) in [6.07, 6.45) is 0. The summed E-state index contributed by atoms with van der Waals surface area (Å²) in [5, 5.41) is -0.341. The van der Waals surface area contributed by atoms with Crippen LogP contribution in [0.4, 0.5) is 10.1 Å². The molecule has 3 aromatic carbocycles. The molecule has 178 valence electrons. The van der Waals surface area contributed by atoms with Gasteiger partial charge in [-0.3, -0.25) is 19.3 Å². The maximum atomic E-state index is 13.7. The molecule has 2 atom stereocenters. The highest BCUT2D eigenvalue weighted by Crippen LogP contribution is 2.49. The van der Waals surface area contributed by atoms with Gasteiger partial charge in [0.2, 0.25) is 0 Å². The van der Waals surface area contributed by atoms with Crippen LogP contribution in [0.2, 0.25) is 30.1 Å². The molecule has 5 rings (SSSR count). The van der Waals surface area contributed by atoms with Crippen molar-refractivity contribution < 1.29 is 18.8 Å². The lowest BCUT2D eigenvalue weighted by Crippen LogP contribution is -2.67. The molecule has 2 heterocycles. The molecule has 3 aromatic rings. The summed E-state index contributed by atoms with van der Waals surface area (Å²) < 4.78 is 13.7. The van der Waals surface area contributed by atoms with Crippen LogP contribution in [-0.2, 0) is 4.79 Å². The standard InChI is InChI=1S/C23H9Cl6FN2O3/c24-9-5-10(25)7-12(6-9)31-19(8-1-3-11(30)4-2-8)20(23(31)35)32-21(33)13-14(22(32)34)16(27)18(29)17(28)15(13)26/h1-7,19-20H/t19-,20+/m0/s1. The third kappa shape index (κ3) is 3.70. The molecule has 0 radical (unpaired) electrons. The first kappa shape index (κ1) is 24.6. The minimum atomic E-state index is -1.30. The Morgan fingerprint density at radius 2 is 1.11 bits per heavy atom. The maximum absolute atomic E-state index is 13.7. The number of nitrogens with zero attached hydrogens (tertiary/aromatic N) is 2. The monoisotopic (exact) mass is 590 g/mol. The molecule has 0 aromatic heterocycles. The number of hydrogen-bond donors (Lipinski definition) is 0. The van der Waals surface area contributed by atoms with E-state index in [2.05, 4.69) is 0 Å². The van der Waals surface area contributed by atoms with Crippen molar-refractivity contribution in [3.63, 3.8) is 0 Å². The summed E-state index contributed by atoms with van der Waals surface area (Å²) in [6, 6.07) is 7.62. The van der Waals surface area contributed by atoms with Crippen molar-refractivity contribution in [3.05, 3.63) is 95.1 Å². The van der Waals surface area contributed by atoms with Crippen LogP contribution in [0.1, 0.15) is 32.3 Å². The van der Waals surface area contributed by atoms with E-state index >= 15 is 0 Å². The molecule has 0 spiro atoms. The Morgan fingerprint density at radius 1 is 0.629 bits per heavy atom. The molecule has 1 fully saturated rings. The Morgan fingerprint density at radius 3 is 1.60 bits per heavy atom. The topological polar surface area (TPSA) is 57.7 Å². The molecule has 5 nitrogen and oxygen atoms in total. The van der Waals surface area contributed by atoms with Crippen LogP contribution in [0, 0.1) is 5.82 Å². The number of imide groups is 1. The third-order valence-corrected chi connectivity index (χ3v) is 8.05. The van der Waals surface area contributed by atoms with Crippen molar-refractivity contribution >= 4 is 93.0 Å². The molecule has 1 saturated heterocycles. The van der Waals surface area contributed by atoms with Crippen molar-refractivity contribution in [1.82, 2.24) is 4.90 Å². The third-order valence-electron chi connectivity index (χ3n) is 5.82. The molecule has 3 amide bonds. The number of halogens is 7. The first-order valence-corrected chi connectivity index (χ1v) is 12.1. The van der Waals surface area contributed by atoms with Crippen LogP contribution in [0.5, 0.6) is 0 Å². The van der Waals surface area contributed by atoms with Crippen molar-refractivity contribution in [2.45, 2.75) is 12.1 Å². The number of hydrogen-bond acceptors (Lipinski definition) is 3. The highest BCUT2D eigenvalue weighted by Gasteiger charge is 2.58. The van der Waals surface area contributed by atoms with Gasteiger partial charge < -0.3 is 4.90 Å². The molecule has 0 aliphatic carbocycles. The fourth-order valence-corrected chi connectivity index (χ4v) is 5.83. The van der Waals surface area contributed by atoms with Gasteiger partial charge >= 0.3 is 0 Å². The number of carbonyl (C=O) groups excluding carboxylic acids is 3. The van der Waals surface area contributed by atoms with Gasteiger partial charge in [-0.1, -0.05) is 81.7 Å². The minimum absolute atomic E-state index is 0.190. The Bertz CT molecular complexity index is 1400. The van der Waals surface area contributed by atoms with E-state index in [1.165, 1.54) is 47.4 Å². The Labute approximate surface area is 227 Å². The van der Waals surface area contributed by atoms with Gasteiger partial charge in [0.25, 0.3) is 17.7 Å². The zero-order chi connectivity index (χ0) is 25.3. The normalized spacial score (nSPS) is 19.3. The first-order valence-electron chi connectivity index (χ1n) is 9.81. The molecule has 0 unspecified atom stereocenters. The number of β-lactam (4-membered cyclic amide) rings is 1. The van der Waals surface area contributed by atoms with Gasteiger partial charge in [-0.2, -0.15) is 0 Å². The lowest BCUT2D eigenvalue weighted by molar-refractivity contribution is -0.130. The van der Waals surface area contributed by atoms with Crippen molar-refractivity contribution in [3.8, 4) is 0 Å². The number of fused-ring (bicyclic) bond motifs is 1. The largest absolute Gasteiger partial charge is 0.300 e. The van der Waals surface area contributed by atoms with E-state index in [0.29, 0.717) is 11.3 Å². The van der Waals surface area contributed by atoms with E-state index in [1.54, 1.807) is 0 Å². The molecule has 35 heavy (non-hydrogen) atoms. The van der Waals surface area contributed by atoms with Crippen LogP contribution in [0.25, 0.3) is 0 Å². The number of rotatable bonds is 3. The lowest BCUT2D eigenvalue weighted by Gasteiger charge is -2.49. The molecular weight excluding hydrogens is 584 g/mol. The summed E-state index contributed by atoms with van der Waals surface area (Å²) >= 11 is 36.9. The number of carbonyl (C=O) groups is 3. The molecule has 0 N–H and O–H groups in total. The van der Waals surface area contributed by atoms with Gasteiger partial charge in [-0.15, -0.1) is 0 Å². The quantitative estimate of drug-likeness (QED) is 0.137.